The van der Waals surface area contributed by atoms with E-state index < -0.39 is 21.2 Å². The first-order valence-electron chi connectivity index (χ1n) is 4.15. The Hall–Kier alpha value is -0.820. The summed E-state index contributed by atoms with van der Waals surface area (Å²) in [5.41, 5.74) is -6.79. The largest absolute Gasteiger partial charge is 0.523 e. The van der Waals surface area contributed by atoms with E-state index in [9.17, 15) is 21.6 Å². The van der Waals surface area contributed by atoms with E-state index in [1.54, 1.807) is 12.2 Å². The summed E-state index contributed by atoms with van der Waals surface area (Å²) >= 11 is 0. The lowest BCUT2D eigenvalue weighted by Gasteiger charge is -2.21. The number of fused-ring (bicyclic) bond motifs is 2. The van der Waals surface area contributed by atoms with Crippen molar-refractivity contribution >= 4 is 10.1 Å². The Bertz CT molecular complexity index is 419. The number of hydrogen-bond donors (Lipinski definition) is 0. The van der Waals surface area contributed by atoms with Gasteiger partial charge in [0, 0.05) is 0 Å². The van der Waals surface area contributed by atoms with Gasteiger partial charge in [-0.25, -0.2) is 4.18 Å². The van der Waals surface area contributed by atoms with Gasteiger partial charge in [-0.3, -0.25) is 0 Å². The van der Waals surface area contributed by atoms with E-state index >= 15 is 0 Å². The molecule has 0 amide bonds. The molecule has 0 saturated heterocycles. The monoisotopic (exact) mass is 240 g/mol. The molecule has 2 aliphatic rings. The van der Waals surface area contributed by atoms with Crippen molar-refractivity contribution in [3.63, 3.8) is 0 Å². The molecule has 15 heavy (non-hydrogen) atoms. The quantitative estimate of drug-likeness (QED) is 0.419. The summed E-state index contributed by atoms with van der Waals surface area (Å²) in [7, 11) is -5.53. The molecule has 0 aliphatic heterocycles. The Morgan fingerprint density at radius 1 is 1.27 bits per heavy atom. The van der Waals surface area contributed by atoms with Crippen LogP contribution in [-0.4, -0.2) is 19.5 Å². The van der Waals surface area contributed by atoms with Gasteiger partial charge in [-0.2, -0.15) is 21.6 Å². The van der Waals surface area contributed by atoms with Crippen LogP contribution in [0, 0.1) is 5.92 Å². The van der Waals surface area contributed by atoms with E-state index in [2.05, 4.69) is 4.18 Å². The molecule has 0 fully saturated rings. The van der Waals surface area contributed by atoms with Crippen molar-refractivity contribution in [3.8, 4) is 0 Å². The average molecular weight is 240 g/mol. The van der Waals surface area contributed by atoms with Crippen LogP contribution in [0.4, 0.5) is 13.2 Å². The van der Waals surface area contributed by atoms with Gasteiger partial charge in [0.1, 0.15) is 5.60 Å². The van der Waals surface area contributed by atoms with Crippen molar-refractivity contribution in [3.05, 3.63) is 24.3 Å². The molecule has 84 valence electrons. The lowest BCUT2D eigenvalue weighted by Crippen LogP contribution is -2.35. The number of allylic oxidation sites excluding steroid dienone is 2. The van der Waals surface area contributed by atoms with Crippen molar-refractivity contribution in [1.82, 2.24) is 0 Å². The van der Waals surface area contributed by atoms with Crippen LogP contribution in [0.2, 0.25) is 0 Å². The van der Waals surface area contributed by atoms with Crippen LogP contribution in [0.1, 0.15) is 6.42 Å². The fourth-order valence-electron chi connectivity index (χ4n) is 1.67. The summed E-state index contributed by atoms with van der Waals surface area (Å²) < 4.78 is 61.9. The van der Waals surface area contributed by atoms with Gasteiger partial charge in [-0.15, -0.1) is 0 Å². The maximum atomic E-state index is 12.0. The van der Waals surface area contributed by atoms with Crippen LogP contribution >= 0.6 is 0 Å². The highest BCUT2D eigenvalue weighted by Crippen LogP contribution is 2.42. The van der Waals surface area contributed by atoms with Gasteiger partial charge in [-0.05, 0) is 12.3 Å². The Balaban J connectivity index is 2.24. The molecule has 0 spiro atoms. The molecule has 0 radical (unpaired) electrons. The highest BCUT2D eigenvalue weighted by molar-refractivity contribution is 7.87. The highest BCUT2D eigenvalue weighted by Gasteiger charge is 2.52. The summed E-state index contributed by atoms with van der Waals surface area (Å²) in [5, 5.41) is 0. The van der Waals surface area contributed by atoms with Crippen molar-refractivity contribution in [1.29, 1.82) is 0 Å². The predicted octanol–water partition coefficient (Wildman–Crippen LogP) is 1.74. The summed E-state index contributed by atoms with van der Waals surface area (Å²) in [5.74, 6) is -0.0200. The number of alkyl halides is 3. The van der Waals surface area contributed by atoms with Crippen molar-refractivity contribution in [2.24, 2.45) is 5.92 Å². The maximum Gasteiger partial charge on any atom is 0.523 e. The minimum atomic E-state index is -5.53. The third-order valence-corrected chi connectivity index (χ3v) is 3.45. The van der Waals surface area contributed by atoms with Crippen molar-refractivity contribution < 1.29 is 25.8 Å². The zero-order valence-electron chi connectivity index (χ0n) is 7.36. The first-order valence-corrected chi connectivity index (χ1v) is 5.56. The van der Waals surface area contributed by atoms with Crippen LogP contribution in [0.3, 0.4) is 0 Å². The normalized spacial score (nSPS) is 33.9. The van der Waals surface area contributed by atoms with Crippen LogP contribution in [0.25, 0.3) is 0 Å². The number of rotatable bonds is 2. The fraction of sp³-hybridized carbons (Fsp3) is 0.500. The number of hydrogen-bond acceptors (Lipinski definition) is 3. The Kier molecular flexibility index (Phi) is 2.03. The minimum absolute atomic E-state index is 0.0200. The van der Waals surface area contributed by atoms with Crippen molar-refractivity contribution in [2.45, 2.75) is 17.5 Å². The van der Waals surface area contributed by atoms with Crippen LogP contribution in [0.15, 0.2) is 24.3 Å². The molecule has 7 heteroatoms. The number of halogens is 3. The second kappa shape index (κ2) is 2.85. The van der Waals surface area contributed by atoms with Gasteiger partial charge >= 0.3 is 15.6 Å². The Morgan fingerprint density at radius 2 is 1.80 bits per heavy atom. The van der Waals surface area contributed by atoms with Crippen molar-refractivity contribution in [2.75, 3.05) is 0 Å². The second-order valence-corrected chi connectivity index (χ2v) is 5.06. The van der Waals surface area contributed by atoms with Gasteiger partial charge in [-0.1, -0.05) is 24.3 Å². The van der Waals surface area contributed by atoms with Gasteiger partial charge in [0.15, 0.2) is 0 Å². The van der Waals surface area contributed by atoms with E-state index in [1.165, 1.54) is 12.2 Å². The lowest BCUT2D eigenvalue weighted by atomic mass is 10.1. The van der Waals surface area contributed by atoms with Crippen LogP contribution in [0.5, 0.6) is 0 Å². The molecule has 0 aromatic carbocycles. The third-order valence-electron chi connectivity index (χ3n) is 2.35. The summed E-state index contributed by atoms with van der Waals surface area (Å²) in [6.45, 7) is 0. The molecule has 0 atom stereocenters. The third kappa shape index (κ3) is 1.69. The lowest BCUT2D eigenvalue weighted by molar-refractivity contribution is -0.0588. The van der Waals surface area contributed by atoms with E-state index in [4.69, 9.17) is 0 Å². The molecule has 2 rings (SSSR count). The second-order valence-electron chi connectivity index (χ2n) is 3.52. The summed E-state index contributed by atoms with van der Waals surface area (Å²) in [6.07, 6.45) is 6.18. The molecular formula is C8H7F3O3S. The van der Waals surface area contributed by atoms with E-state index in [1.807, 2.05) is 0 Å². The highest BCUT2D eigenvalue weighted by atomic mass is 32.2. The van der Waals surface area contributed by atoms with Gasteiger partial charge in [0.05, 0.1) is 0 Å². The Labute approximate surface area is 84.3 Å². The molecule has 2 bridgehead atoms. The molecule has 0 unspecified atom stereocenters. The first-order chi connectivity index (χ1) is 6.74. The Morgan fingerprint density at radius 3 is 2.13 bits per heavy atom. The molecule has 3 nitrogen and oxygen atoms in total. The SMILES string of the molecule is O=S(=O)(OC12C=CC(C=C1)C2)C(F)(F)F. The van der Waals surface area contributed by atoms with Crippen LogP contribution in [-0.2, 0) is 14.3 Å². The zero-order chi connectivity index (χ0) is 11.3. The molecule has 2 aliphatic carbocycles. The maximum absolute atomic E-state index is 12.0. The van der Waals surface area contributed by atoms with Gasteiger partial charge in [0.25, 0.3) is 0 Å². The van der Waals surface area contributed by atoms with Crippen LogP contribution < -0.4 is 0 Å². The van der Waals surface area contributed by atoms with E-state index in [-0.39, 0.29) is 12.3 Å². The topological polar surface area (TPSA) is 43.4 Å². The predicted molar refractivity (Wildman–Crippen MR) is 45.2 cm³/mol. The first kappa shape index (κ1) is 10.7. The average Bonchev–Trinajstić information content (AvgIpc) is 2.59. The molecule has 0 heterocycles. The summed E-state index contributed by atoms with van der Waals surface area (Å²) in [4.78, 5) is 0. The fourth-order valence-corrected chi connectivity index (χ4v) is 2.36. The summed E-state index contributed by atoms with van der Waals surface area (Å²) in [6, 6.07) is 0. The molecule has 0 aromatic rings. The minimum Gasteiger partial charge on any atom is -0.248 e. The van der Waals surface area contributed by atoms with E-state index in [0.29, 0.717) is 0 Å². The van der Waals surface area contributed by atoms with Gasteiger partial charge < -0.3 is 0 Å². The molecule has 0 aromatic heterocycles. The van der Waals surface area contributed by atoms with Gasteiger partial charge in [0.2, 0.25) is 0 Å². The molecular weight excluding hydrogens is 233 g/mol. The molecule has 0 N–H and O–H groups in total. The standard InChI is InChI=1S/C8H7F3O3S/c9-8(10,11)15(12,13)14-7-3-1-6(5-7)2-4-7/h1-4,6H,5H2. The smallest absolute Gasteiger partial charge is 0.248 e. The van der Waals surface area contributed by atoms with E-state index in [0.717, 1.165) is 0 Å². The zero-order valence-corrected chi connectivity index (χ0v) is 8.18. The molecule has 0 saturated carbocycles.